The standard InChI is InChI=1S/C14H15N3O3/c1-17(9-6-7-20-8-9)13-10-4-2-3-5-11(10)15-12(16-13)14(18)19/h2-5,9H,6-8H2,1H3,(H,18,19). The van der Waals surface area contributed by atoms with Crippen LogP contribution in [0.1, 0.15) is 17.0 Å². The summed E-state index contributed by atoms with van der Waals surface area (Å²) in [5, 5.41) is 10.0. The molecular weight excluding hydrogens is 258 g/mol. The number of carboxylic acid groups (broad SMARTS) is 1. The van der Waals surface area contributed by atoms with E-state index in [4.69, 9.17) is 9.84 Å². The molecule has 0 bridgehead atoms. The number of hydrogen-bond acceptors (Lipinski definition) is 5. The van der Waals surface area contributed by atoms with Gasteiger partial charge in [-0.2, -0.15) is 0 Å². The maximum absolute atomic E-state index is 11.2. The molecule has 1 fully saturated rings. The number of hydrogen-bond donors (Lipinski definition) is 1. The Balaban J connectivity index is 2.13. The number of anilines is 1. The molecule has 1 saturated heterocycles. The minimum absolute atomic E-state index is 0.176. The fourth-order valence-electron chi connectivity index (χ4n) is 2.42. The summed E-state index contributed by atoms with van der Waals surface area (Å²) in [7, 11) is 1.92. The van der Waals surface area contributed by atoms with Gasteiger partial charge in [-0.05, 0) is 18.6 Å². The van der Waals surface area contributed by atoms with Gasteiger partial charge in [-0.25, -0.2) is 14.8 Å². The molecule has 0 radical (unpaired) electrons. The van der Waals surface area contributed by atoms with Crippen molar-refractivity contribution in [2.45, 2.75) is 12.5 Å². The highest BCUT2D eigenvalue weighted by atomic mass is 16.5. The molecule has 20 heavy (non-hydrogen) atoms. The van der Waals surface area contributed by atoms with E-state index in [2.05, 4.69) is 9.97 Å². The van der Waals surface area contributed by atoms with Crippen LogP contribution in [0.3, 0.4) is 0 Å². The summed E-state index contributed by atoms with van der Waals surface area (Å²) in [5.41, 5.74) is 0.640. The third-order valence-corrected chi connectivity index (χ3v) is 3.56. The lowest BCUT2D eigenvalue weighted by molar-refractivity contribution is 0.0684. The van der Waals surface area contributed by atoms with Gasteiger partial charge in [0.05, 0.1) is 18.2 Å². The van der Waals surface area contributed by atoms with Crippen LogP contribution in [0.25, 0.3) is 10.9 Å². The number of ether oxygens (including phenoxy) is 1. The normalized spacial score (nSPS) is 18.4. The lowest BCUT2D eigenvalue weighted by atomic mass is 10.2. The number of carbonyl (C=O) groups is 1. The molecule has 6 nitrogen and oxygen atoms in total. The Morgan fingerprint density at radius 2 is 2.20 bits per heavy atom. The zero-order valence-electron chi connectivity index (χ0n) is 11.1. The summed E-state index contributed by atoms with van der Waals surface area (Å²) in [4.78, 5) is 21.4. The molecule has 0 amide bonds. The number of likely N-dealkylation sites (N-methyl/N-ethyl adjacent to an activating group) is 1. The van der Waals surface area contributed by atoms with Crippen molar-refractivity contribution in [3.05, 3.63) is 30.1 Å². The lowest BCUT2D eigenvalue weighted by Crippen LogP contribution is -2.33. The number of aromatic carboxylic acids is 1. The smallest absolute Gasteiger partial charge is 0.374 e. The zero-order valence-corrected chi connectivity index (χ0v) is 11.1. The molecule has 6 heteroatoms. The summed E-state index contributed by atoms with van der Waals surface area (Å²) in [6.45, 7) is 1.36. The van der Waals surface area contributed by atoms with Gasteiger partial charge in [-0.15, -0.1) is 0 Å². The second-order valence-electron chi connectivity index (χ2n) is 4.82. The van der Waals surface area contributed by atoms with Crippen LogP contribution in [0.15, 0.2) is 24.3 Å². The van der Waals surface area contributed by atoms with Crippen molar-refractivity contribution in [1.82, 2.24) is 9.97 Å². The molecule has 0 aliphatic carbocycles. The first kappa shape index (κ1) is 12.8. The largest absolute Gasteiger partial charge is 0.475 e. The van der Waals surface area contributed by atoms with Crippen LogP contribution in [-0.4, -0.2) is 47.3 Å². The maximum atomic E-state index is 11.2. The van der Waals surface area contributed by atoms with Crippen molar-refractivity contribution >= 4 is 22.7 Å². The predicted molar refractivity (Wildman–Crippen MR) is 74.1 cm³/mol. The van der Waals surface area contributed by atoms with Crippen LogP contribution in [0.5, 0.6) is 0 Å². The number of para-hydroxylation sites is 1. The summed E-state index contributed by atoms with van der Waals surface area (Å²) in [6.07, 6.45) is 0.914. The van der Waals surface area contributed by atoms with Crippen LogP contribution in [0.4, 0.5) is 5.82 Å². The zero-order chi connectivity index (χ0) is 14.1. The number of nitrogens with zero attached hydrogens (tertiary/aromatic N) is 3. The summed E-state index contributed by atoms with van der Waals surface area (Å²) in [6, 6.07) is 7.65. The number of fused-ring (bicyclic) bond motifs is 1. The fourth-order valence-corrected chi connectivity index (χ4v) is 2.42. The highest BCUT2D eigenvalue weighted by Gasteiger charge is 2.24. The number of aromatic nitrogens is 2. The van der Waals surface area contributed by atoms with E-state index in [1.807, 2.05) is 30.1 Å². The van der Waals surface area contributed by atoms with E-state index >= 15 is 0 Å². The number of rotatable bonds is 3. The van der Waals surface area contributed by atoms with Crippen LogP contribution < -0.4 is 4.90 Å². The number of benzene rings is 1. The van der Waals surface area contributed by atoms with Crippen molar-refractivity contribution in [2.75, 3.05) is 25.2 Å². The lowest BCUT2D eigenvalue weighted by Gasteiger charge is -2.25. The Morgan fingerprint density at radius 1 is 1.40 bits per heavy atom. The Labute approximate surface area is 116 Å². The highest BCUT2D eigenvalue weighted by molar-refractivity contribution is 5.93. The molecule has 1 aliphatic rings. The molecule has 1 aromatic carbocycles. The second-order valence-corrected chi connectivity index (χ2v) is 4.82. The molecule has 3 rings (SSSR count). The van der Waals surface area contributed by atoms with Crippen molar-refractivity contribution in [3.8, 4) is 0 Å². The average molecular weight is 273 g/mol. The van der Waals surface area contributed by atoms with Gasteiger partial charge in [0.25, 0.3) is 0 Å². The molecule has 1 atom stereocenters. The van der Waals surface area contributed by atoms with Crippen LogP contribution in [0.2, 0.25) is 0 Å². The first-order valence-electron chi connectivity index (χ1n) is 6.47. The Kier molecular flexibility index (Phi) is 3.23. The average Bonchev–Trinajstić information content (AvgIpc) is 2.99. The van der Waals surface area contributed by atoms with Crippen LogP contribution in [0, 0.1) is 0 Å². The van der Waals surface area contributed by atoms with Crippen LogP contribution in [-0.2, 0) is 4.74 Å². The third-order valence-electron chi connectivity index (χ3n) is 3.56. The van der Waals surface area contributed by atoms with E-state index in [9.17, 15) is 4.79 Å². The summed E-state index contributed by atoms with van der Waals surface area (Å²) in [5.74, 6) is -0.652. The first-order chi connectivity index (χ1) is 9.66. The van der Waals surface area contributed by atoms with Crippen molar-refractivity contribution in [3.63, 3.8) is 0 Å². The molecule has 1 N–H and O–H groups in total. The first-order valence-corrected chi connectivity index (χ1v) is 6.47. The van der Waals surface area contributed by atoms with E-state index in [-0.39, 0.29) is 11.9 Å². The van der Waals surface area contributed by atoms with Crippen LogP contribution >= 0.6 is 0 Å². The van der Waals surface area contributed by atoms with Crippen molar-refractivity contribution in [1.29, 1.82) is 0 Å². The minimum Gasteiger partial charge on any atom is -0.475 e. The molecule has 2 aromatic rings. The van der Waals surface area contributed by atoms with Crippen molar-refractivity contribution < 1.29 is 14.6 Å². The van der Waals surface area contributed by atoms with E-state index in [1.54, 1.807) is 6.07 Å². The number of carboxylic acids is 1. The van der Waals surface area contributed by atoms with Gasteiger partial charge >= 0.3 is 5.97 Å². The topological polar surface area (TPSA) is 75.6 Å². The van der Waals surface area contributed by atoms with Gasteiger partial charge in [0.2, 0.25) is 5.82 Å². The summed E-state index contributed by atoms with van der Waals surface area (Å²) < 4.78 is 5.39. The van der Waals surface area contributed by atoms with E-state index in [1.165, 1.54) is 0 Å². The van der Waals surface area contributed by atoms with E-state index < -0.39 is 5.97 Å². The minimum atomic E-state index is -1.12. The quantitative estimate of drug-likeness (QED) is 0.914. The molecule has 2 heterocycles. The molecule has 0 saturated carbocycles. The monoisotopic (exact) mass is 273 g/mol. The molecule has 1 unspecified atom stereocenters. The predicted octanol–water partition coefficient (Wildman–Crippen LogP) is 1.55. The van der Waals surface area contributed by atoms with Gasteiger partial charge in [-0.3, -0.25) is 0 Å². The van der Waals surface area contributed by atoms with Gasteiger partial charge in [0.1, 0.15) is 5.82 Å². The fraction of sp³-hybridized carbons (Fsp3) is 0.357. The Hall–Kier alpha value is -2.21. The Morgan fingerprint density at radius 3 is 2.90 bits per heavy atom. The Bertz CT molecular complexity index is 653. The van der Waals surface area contributed by atoms with E-state index in [0.29, 0.717) is 17.9 Å². The second kappa shape index (κ2) is 5.05. The van der Waals surface area contributed by atoms with E-state index in [0.717, 1.165) is 18.4 Å². The maximum Gasteiger partial charge on any atom is 0.374 e. The molecule has 1 aromatic heterocycles. The molecular formula is C14H15N3O3. The van der Waals surface area contributed by atoms with Gasteiger partial charge in [-0.1, -0.05) is 12.1 Å². The third kappa shape index (κ3) is 2.18. The van der Waals surface area contributed by atoms with Crippen molar-refractivity contribution in [2.24, 2.45) is 0 Å². The highest BCUT2D eigenvalue weighted by Crippen LogP contribution is 2.26. The van der Waals surface area contributed by atoms with Gasteiger partial charge in [0, 0.05) is 19.0 Å². The van der Waals surface area contributed by atoms with Gasteiger partial charge < -0.3 is 14.7 Å². The molecule has 0 spiro atoms. The van der Waals surface area contributed by atoms with Gasteiger partial charge in [0.15, 0.2) is 0 Å². The summed E-state index contributed by atoms with van der Waals surface area (Å²) >= 11 is 0. The molecule has 1 aliphatic heterocycles. The molecule has 104 valence electrons. The SMILES string of the molecule is CN(c1nc(C(=O)O)nc2ccccc12)C1CCOC1.